The Bertz CT molecular complexity index is 214. The van der Waals surface area contributed by atoms with Gasteiger partial charge in [0.25, 0.3) is 0 Å². The summed E-state index contributed by atoms with van der Waals surface area (Å²) in [6, 6.07) is 0. The minimum atomic E-state index is -1.88. The summed E-state index contributed by atoms with van der Waals surface area (Å²) in [5, 5.41) is 7.95. The summed E-state index contributed by atoms with van der Waals surface area (Å²) < 4.78 is 3.97. The summed E-state index contributed by atoms with van der Waals surface area (Å²) in [6.45, 7) is -1.23. The van der Waals surface area contributed by atoms with Gasteiger partial charge in [-0.15, -0.1) is 0 Å². The molecule has 7 nitrogen and oxygen atoms in total. The van der Waals surface area contributed by atoms with Gasteiger partial charge in [-0.25, -0.2) is 9.59 Å². The van der Waals surface area contributed by atoms with Crippen LogP contribution in [0.25, 0.3) is 0 Å². The van der Waals surface area contributed by atoms with Crippen LogP contribution in [0, 0.1) is 0 Å². The lowest BCUT2D eigenvalue weighted by atomic mass is 10.4. The fourth-order valence-corrected chi connectivity index (χ4v) is 0.290. The molecule has 7 heteroatoms. The number of hydrogen-bond acceptors (Lipinski definition) is 6. The van der Waals surface area contributed by atoms with E-state index in [2.05, 4.69) is 14.5 Å². The molecule has 0 saturated carbocycles. The van der Waals surface area contributed by atoms with Gasteiger partial charge < -0.3 is 9.84 Å². The Hall–Kier alpha value is -1.47. The fraction of sp³-hybridized carbons (Fsp3) is 0.250. The Morgan fingerprint density at radius 1 is 1.27 bits per heavy atom. The molecule has 0 amide bonds. The molecule has 0 bridgehead atoms. The van der Waals surface area contributed by atoms with Crippen LogP contribution >= 0.6 is 0 Å². The van der Waals surface area contributed by atoms with Crippen LogP contribution < -0.4 is 0 Å². The lowest BCUT2D eigenvalue weighted by Crippen LogP contribution is -2.26. The standard InChI is InChI=1S/C4H2O7/c5-1(2(6)7)3(8)9-4-10-11-4/h4H,(H,6,7). The molecular formula is C4H2O7. The second-order valence-corrected chi connectivity index (χ2v) is 1.52. The molecule has 0 aromatic heterocycles. The summed E-state index contributed by atoms with van der Waals surface area (Å²) in [5.74, 6) is -5.06. The molecule has 0 aromatic rings. The topological polar surface area (TPSA) is 106 Å². The highest BCUT2D eigenvalue weighted by molar-refractivity contribution is 6.59. The molecule has 0 aromatic carbocycles. The molecule has 0 radical (unpaired) electrons. The molecule has 1 rings (SSSR count). The van der Waals surface area contributed by atoms with E-state index in [4.69, 9.17) is 5.11 Å². The van der Waals surface area contributed by atoms with Gasteiger partial charge in [-0.05, 0) is 0 Å². The van der Waals surface area contributed by atoms with Gasteiger partial charge in [0, 0.05) is 0 Å². The first-order valence-electron chi connectivity index (χ1n) is 2.41. The van der Waals surface area contributed by atoms with Crippen LogP contribution in [0.1, 0.15) is 0 Å². The average molecular weight is 162 g/mol. The maximum absolute atomic E-state index is 10.3. The quantitative estimate of drug-likeness (QED) is 0.175. The van der Waals surface area contributed by atoms with Crippen molar-refractivity contribution in [3.63, 3.8) is 0 Å². The minimum absolute atomic E-state index is 1.23. The molecule has 60 valence electrons. The SMILES string of the molecule is O=C(O)C(=O)C(=O)OC1OO1. The lowest BCUT2D eigenvalue weighted by Gasteiger charge is -1.91. The van der Waals surface area contributed by atoms with Crippen molar-refractivity contribution >= 4 is 17.7 Å². The zero-order chi connectivity index (χ0) is 8.43. The normalized spacial score (nSPS) is 15.6. The van der Waals surface area contributed by atoms with Crippen molar-refractivity contribution in [1.82, 2.24) is 0 Å². The molecule has 0 spiro atoms. The van der Waals surface area contributed by atoms with Crippen LogP contribution in [-0.2, 0) is 28.9 Å². The number of ketones is 1. The molecule has 1 fully saturated rings. The third-order valence-corrected chi connectivity index (χ3v) is 0.758. The Morgan fingerprint density at radius 2 is 1.82 bits per heavy atom. The number of ether oxygens (including phenoxy) is 1. The van der Waals surface area contributed by atoms with Gasteiger partial charge in [0.15, 0.2) is 0 Å². The highest BCUT2D eigenvalue weighted by Gasteiger charge is 2.35. The first-order chi connectivity index (χ1) is 5.11. The van der Waals surface area contributed by atoms with E-state index in [0.29, 0.717) is 0 Å². The van der Waals surface area contributed by atoms with E-state index in [-0.39, 0.29) is 0 Å². The summed E-state index contributed by atoms with van der Waals surface area (Å²) >= 11 is 0. The molecule has 1 aliphatic heterocycles. The van der Waals surface area contributed by atoms with Gasteiger partial charge in [-0.2, -0.15) is 9.78 Å². The van der Waals surface area contributed by atoms with Crippen LogP contribution in [-0.4, -0.2) is 29.3 Å². The Labute approximate surface area is 59.4 Å². The number of carbonyl (C=O) groups excluding carboxylic acids is 2. The maximum atomic E-state index is 10.3. The Kier molecular flexibility index (Phi) is 1.83. The molecular weight excluding hydrogens is 160 g/mol. The molecule has 1 heterocycles. The molecule has 1 N–H and O–H groups in total. The number of carbonyl (C=O) groups is 3. The number of aliphatic carboxylic acids is 1. The highest BCUT2D eigenvalue weighted by Crippen LogP contribution is 2.12. The van der Waals surface area contributed by atoms with Gasteiger partial charge in [-0.1, -0.05) is 0 Å². The summed E-state index contributed by atoms with van der Waals surface area (Å²) in [6.07, 6.45) is 0. The molecule has 11 heavy (non-hydrogen) atoms. The number of rotatable bonds is 3. The summed E-state index contributed by atoms with van der Waals surface area (Å²) in [4.78, 5) is 38.2. The van der Waals surface area contributed by atoms with Crippen molar-refractivity contribution in [2.75, 3.05) is 0 Å². The third-order valence-electron chi connectivity index (χ3n) is 0.758. The molecule has 1 aliphatic rings. The van der Waals surface area contributed by atoms with Crippen LogP contribution in [0.3, 0.4) is 0 Å². The van der Waals surface area contributed by atoms with Crippen molar-refractivity contribution < 1.29 is 34.0 Å². The molecule has 1 saturated heterocycles. The summed E-state index contributed by atoms with van der Waals surface area (Å²) in [5.41, 5.74) is 0. The first-order valence-corrected chi connectivity index (χ1v) is 2.41. The number of carboxylic acid groups (broad SMARTS) is 1. The van der Waals surface area contributed by atoms with Crippen LogP contribution in [0.5, 0.6) is 0 Å². The zero-order valence-corrected chi connectivity index (χ0v) is 4.97. The fourth-order valence-electron chi connectivity index (χ4n) is 0.290. The first kappa shape index (κ1) is 7.63. The molecule has 0 atom stereocenters. The van der Waals surface area contributed by atoms with Gasteiger partial charge in [0.2, 0.25) is 0 Å². The Morgan fingerprint density at radius 3 is 2.18 bits per heavy atom. The smallest absolute Gasteiger partial charge is 0.391 e. The lowest BCUT2D eigenvalue weighted by molar-refractivity contribution is -0.164. The summed E-state index contributed by atoms with van der Waals surface area (Å²) in [7, 11) is 0. The number of hydrogen-bond donors (Lipinski definition) is 1. The van der Waals surface area contributed by atoms with Gasteiger partial charge in [0.05, 0.1) is 0 Å². The van der Waals surface area contributed by atoms with E-state index in [9.17, 15) is 14.4 Å². The highest BCUT2D eigenvalue weighted by atomic mass is 17.4. The van der Waals surface area contributed by atoms with Gasteiger partial charge in [0.1, 0.15) is 0 Å². The third kappa shape index (κ3) is 1.99. The van der Waals surface area contributed by atoms with Crippen LogP contribution in [0.4, 0.5) is 0 Å². The van der Waals surface area contributed by atoms with Crippen LogP contribution in [0.15, 0.2) is 0 Å². The maximum Gasteiger partial charge on any atom is 0.391 e. The van der Waals surface area contributed by atoms with E-state index in [1.54, 1.807) is 0 Å². The molecule has 0 unspecified atom stereocenters. The number of carboxylic acids is 1. The second kappa shape index (κ2) is 2.64. The van der Waals surface area contributed by atoms with Gasteiger partial charge >= 0.3 is 24.2 Å². The van der Waals surface area contributed by atoms with Crippen LogP contribution in [0.2, 0.25) is 0 Å². The number of Topliss-reactive ketones (excluding diaryl/α,β-unsaturated/α-hetero) is 1. The Balaban J connectivity index is 2.39. The van der Waals surface area contributed by atoms with Crippen molar-refractivity contribution in [3.05, 3.63) is 0 Å². The van der Waals surface area contributed by atoms with Crippen molar-refractivity contribution in [2.24, 2.45) is 0 Å². The predicted octanol–water partition coefficient (Wildman–Crippen LogP) is -1.57. The average Bonchev–Trinajstić information content (AvgIpc) is 2.69. The zero-order valence-electron chi connectivity index (χ0n) is 4.97. The van der Waals surface area contributed by atoms with Crippen molar-refractivity contribution in [3.8, 4) is 0 Å². The van der Waals surface area contributed by atoms with Gasteiger partial charge in [-0.3, -0.25) is 4.79 Å². The van der Waals surface area contributed by atoms with E-state index < -0.39 is 24.2 Å². The van der Waals surface area contributed by atoms with E-state index in [1.165, 1.54) is 0 Å². The molecule has 0 aliphatic carbocycles. The second-order valence-electron chi connectivity index (χ2n) is 1.52. The predicted molar refractivity (Wildman–Crippen MR) is 24.7 cm³/mol. The largest absolute Gasteiger partial charge is 0.475 e. The van der Waals surface area contributed by atoms with E-state index >= 15 is 0 Å². The van der Waals surface area contributed by atoms with E-state index in [0.717, 1.165) is 0 Å². The minimum Gasteiger partial charge on any atom is -0.475 e. The van der Waals surface area contributed by atoms with E-state index in [1.807, 2.05) is 0 Å². The number of esters is 1. The monoisotopic (exact) mass is 162 g/mol. The van der Waals surface area contributed by atoms with Crippen molar-refractivity contribution in [1.29, 1.82) is 0 Å². The van der Waals surface area contributed by atoms with Crippen molar-refractivity contribution in [2.45, 2.75) is 6.48 Å².